The van der Waals surface area contributed by atoms with Crippen LogP contribution < -0.4 is 16.0 Å². The maximum atomic E-state index is 13.0. The van der Waals surface area contributed by atoms with Crippen LogP contribution in [0.4, 0.5) is 11.4 Å². The van der Waals surface area contributed by atoms with Gasteiger partial charge in [-0.1, -0.05) is 25.3 Å². The van der Waals surface area contributed by atoms with E-state index in [9.17, 15) is 19.6 Å². The lowest BCUT2D eigenvalue weighted by Crippen LogP contribution is -2.44. The zero-order chi connectivity index (χ0) is 27.8. The van der Waals surface area contributed by atoms with Gasteiger partial charge in [0.15, 0.2) is 5.92 Å². The highest BCUT2D eigenvalue weighted by molar-refractivity contribution is 8.01. The molecule has 3 N–H and O–H groups in total. The van der Waals surface area contributed by atoms with Crippen molar-refractivity contribution < 1.29 is 14.4 Å². The van der Waals surface area contributed by atoms with Crippen LogP contribution in [0.15, 0.2) is 24.3 Å². The number of thioether (sulfide) groups is 1. The van der Waals surface area contributed by atoms with Crippen LogP contribution in [0.3, 0.4) is 0 Å². The molecule has 0 radical (unpaired) electrons. The Morgan fingerprint density at radius 3 is 2.67 bits per heavy atom. The Labute approximate surface area is 234 Å². The average Bonchev–Trinajstić information content (AvgIpc) is 3.25. The quantitative estimate of drug-likeness (QED) is 0.377. The lowest BCUT2D eigenvalue weighted by Gasteiger charge is -2.41. The van der Waals surface area contributed by atoms with Crippen LogP contribution in [0, 0.1) is 40.4 Å². The number of fused-ring (bicyclic) bond motifs is 1. The Hall–Kier alpha value is -3.28. The maximum Gasteiger partial charge on any atom is 0.241 e. The van der Waals surface area contributed by atoms with Gasteiger partial charge in [-0.15, -0.1) is 11.8 Å². The number of anilines is 2. The van der Waals surface area contributed by atoms with Crippen LogP contribution in [-0.2, 0) is 14.4 Å². The van der Waals surface area contributed by atoms with Crippen molar-refractivity contribution in [3.05, 3.63) is 24.3 Å². The van der Waals surface area contributed by atoms with E-state index in [1.54, 1.807) is 4.90 Å². The average molecular weight is 552 g/mol. The van der Waals surface area contributed by atoms with E-state index in [4.69, 9.17) is 5.26 Å². The van der Waals surface area contributed by atoms with Crippen LogP contribution in [-0.4, -0.2) is 77.4 Å². The number of piperidine rings is 1. The number of carbonyl (C=O) groups is 3. The molecular weight excluding hydrogens is 514 g/mol. The van der Waals surface area contributed by atoms with Crippen molar-refractivity contribution in [1.82, 2.24) is 15.1 Å². The normalized spacial score (nSPS) is 25.6. The molecule has 1 saturated carbocycles. The van der Waals surface area contributed by atoms with Crippen LogP contribution in [0.1, 0.15) is 39.0 Å². The smallest absolute Gasteiger partial charge is 0.241 e. The first kappa shape index (κ1) is 28.7. The molecule has 5 atom stereocenters. The van der Waals surface area contributed by atoms with Crippen molar-refractivity contribution in [2.75, 3.05) is 49.9 Å². The number of hydrogen-bond donors (Lipinski definition) is 3. The molecule has 2 aliphatic heterocycles. The number of rotatable bonds is 10. The number of hydrogen-bond acceptors (Lipinski definition) is 8. The fourth-order valence-corrected chi connectivity index (χ4v) is 7.48. The van der Waals surface area contributed by atoms with Crippen LogP contribution in [0.2, 0.25) is 0 Å². The van der Waals surface area contributed by atoms with E-state index in [0.717, 1.165) is 30.6 Å². The molecule has 0 bridgehead atoms. The predicted molar refractivity (Wildman–Crippen MR) is 150 cm³/mol. The number of benzene rings is 1. The Morgan fingerprint density at radius 2 is 1.92 bits per heavy atom. The minimum absolute atomic E-state index is 0.0263. The molecule has 11 heteroatoms. The molecule has 1 aromatic carbocycles. The zero-order valence-corrected chi connectivity index (χ0v) is 23.2. The Kier molecular flexibility index (Phi) is 10.1. The van der Waals surface area contributed by atoms with E-state index in [0.29, 0.717) is 25.3 Å². The molecule has 3 fully saturated rings. The highest BCUT2D eigenvalue weighted by Gasteiger charge is 2.45. The van der Waals surface area contributed by atoms with Gasteiger partial charge in [0, 0.05) is 31.0 Å². The van der Waals surface area contributed by atoms with Crippen molar-refractivity contribution >= 4 is 40.9 Å². The summed E-state index contributed by atoms with van der Waals surface area (Å²) in [6, 6.07) is 11.2. The molecule has 0 aromatic heterocycles. The highest BCUT2D eigenvalue weighted by Crippen LogP contribution is 2.37. The third kappa shape index (κ3) is 7.23. The van der Waals surface area contributed by atoms with E-state index in [2.05, 4.69) is 20.9 Å². The van der Waals surface area contributed by atoms with Crippen LogP contribution in [0.25, 0.3) is 0 Å². The summed E-state index contributed by atoms with van der Waals surface area (Å²) in [5, 5.41) is 25.9. The third-order valence-corrected chi connectivity index (χ3v) is 9.44. The van der Waals surface area contributed by atoms with Gasteiger partial charge in [0.1, 0.15) is 17.2 Å². The molecule has 3 amide bonds. The summed E-state index contributed by atoms with van der Waals surface area (Å²) in [6.07, 6.45) is 6.45. The topological polar surface area (TPSA) is 141 Å². The molecule has 39 heavy (non-hydrogen) atoms. The SMILES string of the molecule is CCN1C(=O)C(CNc2cccc(NC(=O)CN3CC[C@H]4CCCCC4C3)c2)SC1C(C#N)C(=O)NCC#N. The van der Waals surface area contributed by atoms with Gasteiger partial charge in [-0.2, -0.15) is 10.5 Å². The second-order valence-electron chi connectivity index (χ2n) is 10.5. The van der Waals surface area contributed by atoms with Gasteiger partial charge >= 0.3 is 0 Å². The molecule has 0 spiro atoms. The Balaban J connectivity index is 1.29. The van der Waals surface area contributed by atoms with Crippen molar-refractivity contribution in [1.29, 1.82) is 10.5 Å². The molecule has 1 aromatic rings. The Bertz CT molecular complexity index is 1130. The minimum atomic E-state index is -1.07. The van der Waals surface area contributed by atoms with Crippen molar-refractivity contribution in [2.45, 2.75) is 49.7 Å². The summed E-state index contributed by atoms with van der Waals surface area (Å²) in [6.45, 7) is 4.68. The fourth-order valence-electron chi connectivity index (χ4n) is 5.97. The van der Waals surface area contributed by atoms with Gasteiger partial charge < -0.3 is 20.9 Å². The molecule has 208 valence electrons. The predicted octanol–water partition coefficient (Wildman–Crippen LogP) is 2.62. The summed E-state index contributed by atoms with van der Waals surface area (Å²) in [5.74, 6) is -0.233. The molecule has 1 aliphatic carbocycles. The van der Waals surface area contributed by atoms with Gasteiger partial charge in [-0.05, 0) is 56.3 Å². The van der Waals surface area contributed by atoms with Crippen molar-refractivity contribution in [3.63, 3.8) is 0 Å². The van der Waals surface area contributed by atoms with Gasteiger partial charge in [-0.25, -0.2) is 0 Å². The van der Waals surface area contributed by atoms with Gasteiger partial charge in [-0.3, -0.25) is 19.3 Å². The van der Waals surface area contributed by atoms with E-state index in [1.165, 1.54) is 43.9 Å². The van der Waals surface area contributed by atoms with Crippen LogP contribution in [0.5, 0.6) is 0 Å². The molecule has 4 unspecified atom stereocenters. The maximum absolute atomic E-state index is 13.0. The van der Waals surface area contributed by atoms with E-state index in [-0.39, 0.29) is 18.4 Å². The van der Waals surface area contributed by atoms with Gasteiger partial charge in [0.25, 0.3) is 0 Å². The molecule has 2 heterocycles. The van der Waals surface area contributed by atoms with Crippen molar-refractivity contribution in [2.24, 2.45) is 17.8 Å². The van der Waals surface area contributed by atoms with E-state index < -0.39 is 22.4 Å². The second kappa shape index (κ2) is 13.7. The Morgan fingerprint density at radius 1 is 1.15 bits per heavy atom. The number of nitrogens with zero attached hydrogens (tertiary/aromatic N) is 4. The summed E-state index contributed by atoms with van der Waals surface area (Å²) < 4.78 is 0. The minimum Gasteiger partial charge on any atom is -0.383 e. The van der Waals surface area contributed by atoms with E-state index >= 15 is 0 Å². The molecule has 10 nitrogen and oxygen atoms in total. The molecular formula is C28H37N7O3S. The van der Waals surface area contributed by atoms with Crippen LogP contribution >= 0.6 is 11.8 Å². The highest BCUT2D eigenvalue weighted by atomic mass is 32.2. The monoisotopic (exact) mass is 551 g/mol. The number of amides is 3. The van der Waals surface area contributed by atoms with E-state index in [1.807, 2.05) is 43.3 Å². The number of nitrogens with one attached hydrogen (secondary N) is 3. The zero-order valence-electron chi connectivity index (χ0n) is 22.4. The van der Waals surface area contributed by atoms with Gasteiger partial charge in [0.2, 0.25) is 17.7 Å². The van der Waals surface area contributed by atoms with Crippen molar-refractivity contribution in [3.8, 4) is 12.1 Å². The lowest BCUT2D eigenvalue weighted by molar-refractivity contribution is -0.131. The number of nitriles is 2. The molecule has 3 aliphatic rings. The summed E-state index contributed by atoms with van der Waals surface area (Å²) in [4.78, 5) is 42.0. The number of likely N-dealkylation sites (tertiary alicyclic amines) is 1. The molecule has 2 saturated heterocycles. The second-order valence-corrected chi connectivity index (χ2v) is 11.8. The first-order valence-electron chi connectivity index (χ1n) is 13.8. The first-order valence-corrected chi connectivity index (χ1v) is 14.7. The number of carbonyl (C=O) groups excluding carboxylic acids is 3. The summed E-state index contributed by atoms with van der Waals surface area (Å²) >= 11 is 1.28. The summed E-state index contributed by atoms with van der Waals surface area (Å²) in [7, 11) is 0. The fraction of sp³-hybridized carbons (Fsp3) is 0.607. The lowest BCUT2D eigenvalue weighted by atomic mass is 9.75. The third-order valence-electron chi connectivity index (χ3n) is 7.94. The largest absolute Gasteiger partial charge is 0.383 e. The standard InChI is InChI=1S/C28H37N7O3S/c1-2-35-27(38)24(39-28(35)23(15-30)26(37)31-12-11-29)16-32-21-8-5-9-22(14-21)33-25(36)18-34-13-10-19-6-3-4-7-20(19)17-34/h5,8-9,14,19-20,23-24,28,32H,2-4,6-7,10,12-13,16-18H2,1H3,(H,31,37)(H,33,36)/t19-,20?,23?,24?,28?/m1/s1. The van der Waals surface area contributed by atoms with Gasteiger partial charge in [0.05, 0.1) is 18.7 Å². The summed E-state index contributed by atoms with van der Waals surface area (Å²) in [5.41, 5.74) is 1.45. The first-order chi connectivity index (χ1) is 18.9. The molecule has 4 rings (SSSR count).